The van der Waals surface area contributed by atoms with Crippen molar-refractivity contribution in [1.29, 1.82) is 0 Å². The smallest absolute Gasteiger partial charge is 0.0587 e. The molecular weight excluding hydrogens is 178 g/mol. The van der Waals surface area contributed by atoms with Crippen LogP contribution >= 0.6 is 0 Å². The Hall–Kier alpha value is -0.870. The third-order valence-corrected chi connectivity index (χ3v) is 3.00. The van der Waals surface area contributed by atoms with Gasteiger partial charge in [-0.1, -0.05) is 0 Å². The zero-order chi connectivity index (χ0) is 9.97. The van der Waals surface area contributed by atoms with Crippen molar-refractivity contribution in [3.63, 3.8) is 0 Å². The molecule has 1 saturated heterocycles. The summed E-state index contributed by atoms with van der Waals surface area (Å²) in [5.41, 5.74) is 2.37. The van der Waals surface area contributed by atoms with E-state index in [0.717, 1.165) is 19.5 Å². The molecule has 2 N–H and O–H groups in total. The Balaban J connectivity index is 2.00. The van der Waals surface area contributed by atoms with E-state index in [4.69, 9.17) is 5.11 Å². The fourth-order valence-corrected chi connectivity index (χ4v) is 2.05. The molecule has 0 aliphatic carbocycles. The molecule has 2 rings (SSSR count). The molecule has 1 aromatic heterocycles. The van der Waals surface area contributed by atoms with Crippen LogP contribution in [0.15, 0.2) is 6.20 Å². The normalized spacial score (nSPS) is 23.1. The fourth-order valence-electron chi connectivity index (χ4n) is 2.05. The van der Waals surface area contributed by atoms with Gasteiger partial charge in [-0.2, -0.15) is 5.10 Å². The second-order valence-electron chi connectivity index (χ2n) is 3.98. The van der Waals surface area contributed by atoms with Gasteiger partial charge in [-0.25, -0.2) is 0 Å². The molecule has 0 amide bonds. The molecule has 1 aliphatic heterocycles. The van der Waals surface area contributed by atoms with Crippen LogP contribution in [0.25, 0.3) is 0 Å². The van der Waals surface area contributed by atoms with E-state index < -0.39 is 0 Å². The van der Waals surface area contributed by atoms with Crippen molar-refractivity contribution in [1.82, 2.24) is 15.1 Å². The third kappa shape index (κ3) is 1.81. The molecular formula is C10H17N3O. The summed E-state index contributed by atoms with van der Waals surface area (Å²) >= 11 is 0. The van der Waals surface area contributed by atoms with Crippen LogP contribution in [-0.2, 0) is 6.54 Å². The number of aryl methyl sites for hydroxylation is 1. The maximum atomic E-state index is 9.17. The van der Waals surface area contributed by atoms with Crippen LogP contribution in [0.1, 0.15) is 24.1 Å². The van der Waals surface area contributed by atoms with Gasteiger partial charge in [-0.3, -0.25) is 10.00 Å². The van der Waals surface area contributed by atoms with Crippen molar-refractivity contribution in [3.05, 3.63) is 17.5 Å². The van der Waals surface area contributed by atoms with E-state index in [2.05, 4.69) is 22.0 Å². The largest absolute Gasteiger partial charge is 0.395 e. The van der Waals surface area contributed by atoms with E-state index >= 15 is 0 Å². The molecule has 0 radical (unpaired) electrons. The zero-order valence-electron chi connectivity index (χ0n) is 8.53. The summed E-state index contributed by atoms with van der Waals surface area (Å²) in [6, 6.07) is 0.345. The van der Waals surface area contributed by atoms with E-state index in [-0.39, 0.29) is 6.61 Å². The van der Waals surface area contributed by atoms with Crippen LogP contribution in [0.4, 0.5) is 0 Å². The number of H-pyrrole nitrogens is 1. The van der Waals surface area contributed by atoms with Crippen molar-refractivity contribution >= 4 is 0 Å². The van der Waals surface area contributed by atoms with Gasteiger partial charge >= 0.3 is 0 Å². The minimum atomic E-state index is 0.271. The van der Waals surface area contributed by atoms with Gasteiger partial charge in [0.1, 0.15) is 0 Å². The number of aromatic nitrogens is 2. The first kappa shape index (κ1) is 9.68. The summed E-state index contributed by atoms with van der Waals surface area (Å²) < 4.78 is 0. The number of aliphatic hydroxyl groups is 1. The van der Waals surface area contributed by atoms with Gasteiger partial charge in [0.05, 0.1) is 18.5 Å². The summed E-state index contributed by atoms with van der Waals surface area (Å²) in [5, 5.41) is 16.2. The van der Waals surface area contributed by atoms with E-state index in [9.17, 15) is 0 Å². The molecule has 0 bridgehead atoms. The lowest BCUT2D eigenvalue weighted by molar-refractivity contribution is 0.152. The van der Waals surface area contributed by atoms with Gasteiger partial charge in [-0.05, 0) is 31.9 Å². The summed E-state index contributed by atoms with van der Waals surface area (Å²) in [5.74, 6) is 0. The lowest BCUT2D eigenvalue weighted by atomic mass is 10.2. The Labute approximate surface area is 83.9 Å². The molecule has 0 spiro atoms. The minimum absolute atomic E-state index is 0.271. The molecule has 1 atom stereocenters. The molecule has 0 saturated carbocycles. The van der Waals surface area contributed by atoms with Crippen LogP contribution in [-0.4, -0.2) is 39.4 Å². The second kappa shape index (κ2) is 4.11. The molecule has 1 unspecified atom stereocenters. The average Bonchev–Trinajstić information content (AvgIpc) is 2.77. The Morgan fingerprint density at radius 1 is 1.71 bits per heavy atom. The maximum Gasteiger partial charge on any atom is 0.0587 e. The minimum Gasteiger partial charge on any atom is -0.395 e. The molecule has 2 heterocycles. The Bertz CT molecular complexity index is 297. The summed E-state index contributed by atoms with van der Waals surface area (Å²) in [7, 11) is 0. The summed E-state index contributed by atoms with van der Waals surface area (Å²) in [4.78, 5) is 2.32. The highest BCUT2D eigenvalue weighted by atomic mass is 16.3. The Morgan fingerprint density at radius 3 is 3.21 bits per heavy atom. The fraction of sp³-hybridized carbons (Fsp3) is 0.700. The highest BCUT2D eigenvalue weighted by Crippen LogP contribution is 2.19. The molecule has 4 heteroatoms. The van der Waals surface area contributed by atoms with E-state index in [1.54, 1.807) is 0 Å². The monoisotopic (exact) mass is 195 g/mol. The number of aromatic amines is 1. The molecule has 4 nitrogen and oxygen atoms in total. The maximum absolute atomic E-state index is 9.17. The van der Waals surface area contributed by atoms with Crippen molar-refractivity contribution in [2.75, 3.05) is 13.2 Å². The first-order valence-corrected chi connectivity index (χ1v) is 5.15. The predicted octanol–water partition coefficient (Wildman–Crippen LogP) is 0.675. The molecule has 78 valence electrons. The van der Waals surface area contributed by atoms with Crippen LogP contribution in [0, 0.1) is 6.92 Å². The van der Waals surface area contributed by atoms with Gasteiger partial charge in [0.25, 0.3) is 0 Å². The van der Waals surface area contributed by atoms with Crippen molar-refractivity contribution in [2.45, 2.75) is 32.4 Å². The number of likely N-dealkylation sites (tertiary alicyclic amines) is 1. The van der Waals surface area contributed by atoms with E-state index in [0.29, 0.717) is 6.04 Å². The lowest BCUT2D eigenvalue weighted by Crippen LogP contribution is -2.31. The number of hydrogen-bond donors (Lipinski definition) is 2. The second-order valence-corrected chi connectivity index (χ2v) is 3.98. The third-order valence-electron chi connectivity index (χ3n) is 3.00. The SMILES string of the molecule is Cc1cn[nH]c1CN1CCCC1CO. The van der Waals surface area contributed by atoms with Gasteiger partial charge in [0.15, 0.2) is 0 Å². The molecule has 14 heavy (non-hydrogen) atoms. The highest BCUT2D eigenvalue weighted by molar-refractivity contribution is 5.13. The van der Waals surface area contributed by atoms with Crippen LogP contribution < -0.4 is 0 Å². The van der Waals surface area contributed by atoms with Crippen molar-refractivity contribution < 1.29 is 5.11 Å². The van der Waals surface area contributed by atoms with Crippen molar-refractivity contribution in [3.8, 4) is 0 Å². The first-order valence-electron chi connectivity index (χ1n) is 5.15. The zero-order valence-corrected chi connectivity index (χ0v) is 8.53. The summed E-state index contributed by atoms with van der Waals surface area (Å²) in [6.07, 6.45) is 4.15. The first-order chi connectivity index (χ1) is 6.81. The number of nitrogens with zero attached hydrogens (tertiary/aromatic N) is 2. The van der Waals surface area contributed by atoms with Gasteiger partial charge in [-0.15, -0.1) is 0 Å². The topological polar surface area (TPSA) is 52.2 Å². The van der Waals surface area contributed by atoms with Gasteiger partial charge in [0, 0.05) is 12.6 Å². The molecule has 1 fully saturated rings. The summed E-state index contributed by atoms with van der Waals surface area (Å²) in [6.45, 7) is 4.30. The van der Waals surface area contributed by atoms with Gasteiger partial charge in [0.2, 0.25) is 0 Å². The van der Waals surface area contributed by atoms with E-state index in [1.807, 2.05) is 6.20 Å². The van der Waals surface area contributed by atoms with Gasteiger partial charge < -0.3 is 5.11 Å². The predicted molar refractivity (Wildman–Crippen MR) is 53.8 cm³/mol. The average molecular weight is 195 g/mol. The number of rotatable bonds is 3. The van der Waals surface area contributed by atoms with E-state index in [1.165, 1.54) is 17.7 Å². The molecule has 0 aromatic carbocycles. The Morgan fingerprint density at radius 2 is 2.57 bits per heavy atom. The number of aliphatic hydroxyl groups excluding tert-OH is 1. The Kier molecular flexibility index (Phi) is 2.84. The standard InChI is InChI=1S/C10H17N3O/c1-8-5-11-12-10(8)6-13-4-2-3-9(13)7-14/h5,9,14H,2-4,6-7H2,1H3,(H,11,12). The quantitative estimate of drug-likeness (QED) is 0.745. The molecule has 1 aliphatic rings. The number of nitrogens with one attached hydrogen (secondary N) is 1. The number of hydrogen-bond acceptors (Lipinski definition) is 3. The lowest BCUT2D eigenvalue weighted by Gasteiger charge is -2.21. The van der Waals surface area contributed by atoms with Crippen molar-refractivity contribution in [2.24, 2.45) is 0 Å². The van der Waals surface area contributed by atoms with Crippen LogP contribution in [0.3, 0.4) is 0 Å². The highest BCUT2D eigenvalue weighted by Gasteiger charge is 2.24. The molecule has 1 aromatic rings. The van der Waals surface area contributed by atoms with Crippen LogP contribution in [0.2, 0.25) is 0 Å². The van der Waals surface area contributed by atoms with Crippen LogP contribution in [0.5, 0.6) is 0 Å².